The molecule has 4 rings (SSSR count). The molecule has 3 aromatic carbocycles. The molecule has 9 nitrogen and oxygen atoms in total. The third kappa shape index (κ3) is 8.17. The maximum Gasteiger partial charge on any atom is 0.326 e. The maximum atomic E-state index is 13.5. The first kappa shape index (κ1) is 30.3. The van der Waals surface area contributed by atoms with Crippen LogP contribution in [0.25, 0.3) is 0 Å². The second kappa shape index (κ2) is 13.8. The molecule has 0 aromatic heterocycles. The zero-order valence-electron chi connectivity index (χ0n) is 22.5. The first-order valence-electron chi connectivity index (χ1n) is 13.4. The Morgan fingerprint density at radius 2 is 1.54 bits per heavy atom. The molecule has 216 valence electrons. The molecule has 1 aliphatic heterocycles. The van der Waals surface area contributed by atoms with Gasteiger partial charge in [-0.15, -0.1) is 0 Å². The molecule has 3 amide bonds. The van der Waals surface area contributed by atoms with E-state index in [0.29, 0.717) is 28.7 Å². The van der Waals surface area contributed by atoms with E-state index in [2.05, 4.69) is 33.4 Å². The van der Waals surface area contributed by atoms with E-state index in [-0.39, 0.29) is 18.9 Å². The van der Waals surface area contributed by atoms with Gasteiger partial charge in [0.15, 0.2) is 0 Å². The molecule has 0 radical (unpaired) electrons. The third-order valence-electron chi connectivity index (χ3n) is 7.08. The number of primary amides is 1. The second-order valence-corrected chi connectivity index (χ2v) is 12.5. The number of aryl methyl sites for hydroxylation is 1. The fourth-order valence-electron chi connectivity index (χ4n) is 4.96. The van der Waals surface area contributed by atoms with Gasteiger partial charge in [0.25, 0.3) is 5.91 Å². The Morgan fingerprint density at radius 3 is 2.12 bits per heavy atom. The zero-order chi connectivity index (χ0) is 29.4. The molecular weight excluding hydrogens is 608 g/mol. The minimum atomic E-state index is -3.97. The van der Waals surface area contributed by atoms with Gasteiger partial charge >= 0.3 is 10.2 Å². The number of hydrogen-bond donors (Lipinski definition) is 3. The highest BCUT2D eigenvalue weighted by Crippen LogP contribution is 2.32. The summed E-state index contributed by atoms with van der Waals surface area (Å²) in [6, 6.07) is 24.5. The van der Waals surface area contributed by atoms with Crippen molar-refractivity contribution in [1.29, 1.82) is 0 Å². The van der Waals surface area contributed by atoms with E-state index in [9.17, 15) is 22.8 Å². The number of unbranched alkanes of at least 4 members (excludes halogenated alkanes) is 1. The van der Waals surface area contributed by atoms with Crippen LogP contribution in [0.15, 0.2) is 83.3 Å². The summed E-state index contributed by atoms with van der Waals surface area (Å²) in [5.41, 5.74) is 8.99. The summed E-state index contributed by atoms with van der Waals surface area (Å²) in [4.78, 5) is 37.9. The Morgan fingerprint density at radius 1 is 0.902 bits per heavy atom. The molecule has 1 unspecified atom stereocenters. The lowest BCUT2D eigenvalue weighted by Gasteiger charge is -2.25. The molecule has 0 spiro atoms. The summed E-state index contributed by atoms with van der Waals surface area (Å²) in [7, 11) is -3.97. The lowest BCUT2D eigenvalue weighted by Crippen LogP contribution is -2.42. The summed E-state index contributed by atoms with van der Waals surface area (Å²) in [6.45, 7) is 0.145. The summed E-state index contributed by atoms with van der Waals surface area (Å²) < 4.78 is 28.0. The van der Waals surface area contributed by atoms with Gasteiger partial charge in [-0.05, 0) is 76.9 Å². The van der Waals surface area contributed by atoms with E-state index < -0.39 is 33.9 Å². The topological polar surface area (TPSA) is 139 Å². The predicted octanol–water partition coefficient (Wildman–Crippen LogP) is 3.27. The van der Waals surface area contributed by atoms with E-state index >= 15 is 0 Å². The number of halogens is 1. The lowest BCUT2D eigenvalue weighted by molar-refractivity contribution is -0.133. The van der Waals surface area contributed by atoms with E-state index in [1.165, 1.54) is 5.56 Å². The Hall–Kier alpha value is -3.70. The van der Waals surface area contributed by atoms with Crippen molar-refractivity contribution < 1.29 is 22.8 Å². The highest BCUT2D eigenvalue weighted by molar-refractivity contribution is 9.10. The molecule has 0 aliphatic carbocycles. The molecule has 2 atom stereocenters. The molecular formula is C30H33BrN4O5S. The van der Waals surface area contributed by atoms with Crippen molar-refractivity contribution in [2.45, 2.75) is 32.1 Å². The monoisotopic (exact) mass is 640 g/mol. The molecule has 3 aromatic rings. The quantitative estimate of drug-likeness (QED) is 0.246. The third-order valence-corrected chi connectivity index (χ3v) is 9.10. The van der Waals surface area contributed by atoms with Crippen molar-refractivity contribution in [2.75, 3.05) is 17.4 Å². The minimum Gasteiger partial charge on any atom is -0.369 e. The highest BCUT2D eigenvalue weighted by Gasteiger charge is 2.36. The number of nitrogens with two attached hydrogens (primary N) is 1. The van der Waals surface area contributed by atoms with Crippen LogP contribution >= 0.6 is 15.9 Å². The zero-order valence-corrected chi connectivity index (χ0v) is 24.9. The Bertz CT molecular complexity index is 1490. The van der Waals surface area contributed by atoms with E-state index in [1.807, 2.05) is 53.3 Å². The van der Waals surface area contributed by atoms with Crippen LogP contribution in [0.3, 0.4) is 0 Å². The van der Waals surface area contributed by atoms with Crippen molar-refractivity contribution >= 4 is 49.5 Å². The number of benzene rings is 3. The summed E-state index contributed by atoms with van der Waals surface area (Å²) in [5, 5.41) is 3.01. The lowest BCUT2D eigenvalue weighted by atomic mass is 9.81. The second-order valence-electron chi connectivity index (χ2n) is 10.1. The van der Waals surface area contributed by atoms with Crippen LogP contribution in [-0.2, 0) is 43.9 Å². The first-order valence-corrected chi connectivity index (χ1v) is 15.6. The fourth-order valence-corrected chi connectivity index (χ4v) is 6.89. The van der Waals surface area contributed by atoms with Crippen LogP contribution in [0.5, 0.6) is 0 Å². The minimum absolute atomic E-state index is 0.207. The number of hydrogen-bond acceptors (Lipinski definition) is 5. The Balaban J connectivity index is 1.50. The van der Waals surface area contributed by atoms with Gasteiger partial charge < -0.3 is 11.1 Å². The van der Waals surface area contributed by atoms with Crippen LogP contribution in [-0.4, -0.2) is 39.2 Å². The molecule has 0 bridgehead atoms. The molecule has 1 aliphatic rings. The highest BCUT2D eigenvalue weighted by atomic mass is 79.9. The summed E-state index contributed by atoms with van der Waals surface area (Å²) >= 11 is 3.42. The van der Waals surface area contributed by atoms with Gasteiger partial charge in [-0.1, -0.05) is 66.7 Å². The van der Waals surface area contributed by atoms with Gasteiger partial charge in [0, 0.05) is 11.0 Å². The first-order chi connectivity index (χ1) is 19.6. The fraction of sp³-hybridized carbons (Fsp3) is 0.300. The smallest absolute Gasteiger partial charge is 0.326 e. The van der Waals surface area contributed by atoms with Crippen LogP contribution in [0.1, 0.15) is 29.5 Å². The SMILES string of the molecule is NC(=O)C(Cc1ccccc1)[C@H](Cc1ccc(N2CC(=O)NS2(=O)=O)c(Br)c1)C(=O)NCCCCc1ccccc1. The molecule has 4 N–H and O–H groups in total. The van der Waals surface area contributed by atoms with Gasteiger partial charge in [-0.25, -0.2) is 9.03 Å². The van der Waals surface area contributed by atoms with Crippen LogP contribution in [0.4, 0.5) is 5.69 Å². The van der Waals surface area contributed by atoms with E-state index in [0.717, 1.165) is 29.1 Å². The normalized spacial score (nSPS) is 15.6. The number of nitrogens with one attached hydrogen (secondary N) is 2. The molecule has 1 saturated heterocycles. The van der Waals surface area contributed by atoms with Crippen LogP contribution in [0.2, 0.25) is 0 Å². The van der Waals surface area contributed by atoms with Crippen LogP contribution < -0.4 is 20.1 Å². The van der Waals surface area contributed by atoms with Gasteiger partial charge in [0.2, 0.25) is 11.8 Å². The number of anilines is 1. The molecule has 0 saturated carbocycles. The molecule has 11 heteroatoms. The van der Waals surface area contributed by atoms with E-state index in [1.54, 1.807) is 18.2 Å². The molecule has 1 heterocycles. The number of rotatable bonds is 13. The van der Waals surface area contributed by atoms with Gasteiger partial charge in [0.05, 0.1) is 17.5 Å². The summed E-state index contributed by atoms with van der Waals surface area (Å²) in [5.74, 6) is -2.96. The largest absolute Gasteiger partial charge is 0.369 e. The van der Waals surface area contributed by atoms with Gasteiger partial charge in [-0.3, -0.25) is 14.4 Å². The predicted molar refractivity (Wildman–Crippen MR) is 161 cm³/mol. The van der Waals surface area contributed by atoms with Crippen molar-refractivity contribution in [2.24, 2.45) is 17.6 Å². The number of nitrogens with zero attached hydrogens (tertiary/aromatic N) is 1. The van der Waals surface area contributed by atoms with Crippen molar-refractivity contribution in [3.63, 3.8) is 0 Å². The van der Waals surface area contributed by atoms with Crippen molar-refractivity contribution in [3.8, 4) is 0 Å². The van der Waals surface area contributed by atoms with E-state index in [4.69, 9.17) is 5.73 Å². The number of carbonyl (C=O) groups is 3. The Kier molecular flexibility index (Phi) is 10.2. The number of amides is 3. The van der Waals surface area contributed by atoms with Crippen LogP contribution in [0, 0.1) is 11.8 Å². The standard InChI is InChI=1S/C30H33BrN4O5S/c31-26-19-23(14-15-27(26)35-20-28(36)34-41(35,39)40)18-25(24(29(32)37)17-22-12-5-2-6-13-22)30(38)33-16-8-7-11-21-9-3-1-4-10-21/h1-6,9-10,12-15,19,24-25H,7-8,11,16-18,20H2,(H2,32,37)(H,33,38)(H,34,36)/t24?,25-/m0/s1. The van der Waals surface area contributed by atoms with Gasteiger partial charge in [-0.2, -0.15) is 8.42 Å². The molecule has 1 fully saturated rings. The number of carbonyl (C=O) groups excluding carboxylic acids is 3. The van der Waals surface area contributed by atoms with Crippen molar-refractivity contribution in [3.05, 3.63) is 100 Å². The average Bonchev–Trinajstić information content (AvgIpc) is 3.22. The van der Waals surface area contributed by atoms with Crippen molar-refractivity contribution in [1.82, 2.24) is 10.0 Å². The average molecular weight is 642 g/mol. The Labute approximate surface area is 248 Å². The van der Waals surface area contributed by atoms with Gasteiger partial charge in [0.1, 0.15) is 6.54 Å². The molecule has 41 heavy (non-hydrogen) atoms. The summed E-state index contributed by atoms with van der Waals surface area (Å²) in [6.07, 6.45) is 3.11. The maximum absolute atomic E-state index is 13.5.